The zero-order valence-electron chi connectivity index (χ0n) is 11.1. The van der Waals surface area contributed by atoms with Gasteiger partial charge >= 0.3 is 0 Å². The van der Waals surface area contributed by atoms with Crippen molar-refractivity contribution >= 4 is 0 Å². The highest BCUT2D eigenvalue weighted by atomic mass is 16.3. The fourth-order valence-electron chi connectivity index (χ4n) is 2.12. The van der Waals surface area contributed by atoms with Crippen LogP contribution in [0.4, 0.5) is 0 Å². The molecule has 100 valence electrons. The average Bonchev–Trinajstić information content (AvgIpc) is 2.97. The Morgan fingerprint density at radius 1 is 1.05 bits per heavy atom. The van der Waals surface area contributed by atoms with Crippen LogP contribution in [0.2, 0.25) is 0 Å². The predicted octanol–water partition coefficient (Wildman–Crippen LogP) is 2.66. The molecule has 0 amide bonds. The van der Waals surface area contributed by atoms with Gasteiger partial charge in [0.1, 0.15) is 6.10 Å². The first-order valence-electron chi connectivity index (χ1n) is 6.43. The topological polar surface area (TPSA) is 50.9 Å². The van der Waals surface area contributed by atoms with Crippen molar-refractivity contribution < 1.29 is 5.11 Å². The van der Waals surface area contributed by atoms with Crippen molar-refractivity contribution in [2.24, 2.45) is 0 Å². The van der Waals surface area contributed by atoms with Crippen LogP contribution in [-0.4, -0.2) is 19.9 Å². The summed E-state index contributed by atoms with van der Waals surface area (Å²) in [6.07, 6.45) is 6.25. The van der Waals surface area contributed by atoms with Gasteiger partial charge in [0, 0.05) is 29.7 Å². The lowest BCUT2D eigenvalue weighted by Gasteiger charge is -2.08. The Morgan fingerprint density at radius 3 is 2.60 bits per heavy atom. The Hall–Kier alpha value is -2.46. The highest BCUT2D eigenvalue weighted by molar-refractivity contribution is 5.33. The van der Waals surface area contributed by atoms with Crippen molar-refractivity contribution in [2.45, 2.75) is 13.0 Å². The van der Waals surface area contributed by atoms with Crippen LogP contribution in [0, 0.1) is 6.92 Å². The van der Waals surface area contributed by atoms with Gasteiger partial charge in [-0.1, -0.05) is 24.3 Å². The van der Waals surface area contributed by atoms with E-state index >= 15 is 0 Å². The van der Waals surface area contributed by atoms with E-state index < -0.39 is 6.10 Å². The predicted molar refractivity (Wildman–Crippen MR) is 76.6 cm³/mol. The number of rotatable bonds is 3. The van der Waals surface area contributed by atoms with E-state index in [1.165, 1.54) is 0 Å². The maximum absolute atomic E-state index is 10.4. The average molecular weight is 265 g/mol. The van der Waals surface area contributed by atoms with E-state index in [-0.39, 0.29) is 0 Å². The van der Waals surface area contributed by atoms with E-state index in [4.69, 9.17) is 0 Å². The van der Waals surface area contributed by atoms with Crippen molar-refractivity contribution in [3.05, 3.63) is 77.9 Å². The molecule has 20 heavy (non-hydrogen) atoms. The lowest BCUT2D eigenvalue weighted by molar-refractivity contribution is 0.220. The Kier molecular flexibility index (Phi) is 3.31. The molecule has 1 N–H and O–H groups in total. The maximum Gasteiger partial charge on any atom is 0.109 e. The molecule has 4 nitrogen and oxygen atoms in total. The minimum atomic E-state index is -0.708. The zero-order valence-corrected chi connectivity index (χ0v) is 11.1. The fourth-order valence-corrected chi connectivity index (χ4v) is 2.12. The number of aliphatic hydroxyl groups is 1. The van der Waals surface area contributed by atoms with Gasteiger partial charge in [0.2, 0.25) is 0 Å². The molecule has 4 heteroatoms. The minimum absolute atomic E-state index is 0.708. The van der Waals surface area contributed by atoms with Gasteiger partial charge in [-0.15, -0.1) is 0 Å². The van der Waals surface area contributed by atoms with Gasteiger partial charge in [0.15, 0.2) is 0 Å². The molecule has 2 heterocycles. The fraction of sp³-hybridized carbons (Fsp3) is 0.125. The van der Waals surface area contributed by atoms with E-state index in [0.717, 1.165) is 22.4 Å². The summed E-state index contributed by atoms with van der Waals surface area (Å²) in [5.41, 5.74) is 3.52. The summed E-state index contributed by atoms with van der Waals surface area (Å²) >= 11 is 0. The maximum atomic E-state index is 10.4. The number of aromatic nitrogens is 3. The second-order valence-electron chi connectivity index (χ2n) is 4.75. The number of pyridine rings is 1. The molecule has 1 unspecified atom stereocenters. The monoisotopic (exact) mass is 265 g/mol. The summed E-state index contributed by atoms with van der Waals surface area (Å²) in [6.45, 7) is 1.95. The molecule has 3 aromatic rings. The first kappa shape index (κ1) is 12.6. The number of nitrogens with zero attached hydrogens (tertiary/aromatic N) is 3. The van der Waals surface area contributed by atoms with E-state index in [2.05, 4.69) is 10.1 Å². The molecular formula is C16H15N3O. The Morgan fingerprint density at radius 2 is 1.85 bits per heavy atom. The first-order valence-corrected chi connectivity index (χ1v) is 6.43. The normalized spacial score (nSPS) is 12.3. The van der Waals surface area contributed by atoms with E-state index in [9.17, 15) is 5.11 Å². The van der Waals surface area contributed by atoms with E-state index in [1.807, 2.05) is 49.5 Å². The number of hydrogen-bond acceptors (Lipinski definition) is 3. The van der Waals surface area contributed by atoms with Crippen LogP contribution in [-0.2, 0) is 0 Å². The molecule has 2 aromatic heterocycles. The smallest absolute Gasteiger partial charge is 0.109 e. The van der Waals surface area contributed by atoms with Crippen molar-refractivity contribution in [2.75, 3.05) is 0 Å². The second-order valence-corrected chi connectivity index (χ2v) is 4.75. The highest BCUT2D eigenvalue weighted by Gasteiger charge is 2.13. The van der Waals surface area contributed by atoms with Crippen LogP contribution in [0.15, 0.2) is 61.2 Å². The van der Waals surface area contributed by atoms with Gasteiger partial charge in [-0.3, -0.25) is 4.98 Å². The van der Waals surface area contributed by atoms with Gasteiger partial charge in [-0.05, 0) is 24.6 Å². The van der Waals surface area contributed by atoms with Crippen LogP contribution < -0.4 is 0 Å². The Labute approximate surface area is 117 Å². The van der Waals surface area contributed by atoms with Crippen LogP contribution in [0.25, 0.3) is 5.69 Å². The first-order chi connectivity index (χ1) is 9.74. The molecule has 0 saturated heterocycles. The molecule has 0 bridgehead atoms. The number of para-hydroxylation sites is 1. The molecule has 0 aliphatic carbocycles. The molecule has 0 radical (unpaired) electrons. The van der Waals surface area contributed by atoms with Crippen LogP contribution in [0.5, 0.6) is 0 Å². The quantitative estimate of drug-likeness (QED) is 0.792. The molecule has 3 rings (SSSR count). The van der Waals surface area contributed by atoms with Gasteiger partial charge in [0.05, 0.1) is 11.9 Å². The summed E-state index contributed by atoms with van der Waals surface area (Å²) in [7, 11) is 0. The summed E-state index contributed by atoms with van der Waals surface area (Å²) in [5.74, 6) is 0. The number of aliphatic hydroxyl groups excluding tert-OH is 1. The molecule has 0 fully saturated rings. The van der Waals surface area contributed by atoms with Gasteiger partial charge in [0.25, 0.3) is 0 Å². The van der Waals surface area contributed by atoms with Gasteiger partial charge < -0.3 is 5.11 Å². The SMILES string of the molecule is Cc1cncc(C(O)c2cnn(-c3ccccc3)c2)c1. The third-order valence-electron chi connectivity index (χ3n) is 3.15. The minimum Gasteiger partial charge on any atom is -0.383 e. The number of aryl methyl sites for hydroxylation is 1. The molecule has 1 aromatic carbocycles. The van der Waals surface area contributed by atoms with Crippen molar-refractivity contribution in [1.29, 1.82) is 0 Å². The molecule has 0 saturated carbocycles. The van der Waals surface area contributed by atoms with Crippen molar-refractivity contribution in [3.8, 4) is 5.69 Å². The van der Waals surface area contributed by atoms with Gasteiger partial charge in [-0.25, -0.2) is 4.68 Å². The molecular weight excluding hydrogens is 250 g/mol. The Balaban J connectivity index is 1.90. The number of benzene rings is 1. The number of hydrogen-bond donors (Lipinski definition) is 1. The summed E-state index contributed by atoms with van der Waals surface area (Å²) in [5, 5.41) is 14.7. The van der Waals surface area contributed by atoms with E-state index in [1.54, 1.807) is 23.3 Å². The van der Waals surface area contributed by atoms with E-state index in [0.29, 0.717) is 0 Å². The van der Waals surface area contributed by atoms with Gasteiger partial charge in [-0.2, -0.15) is 5.10 Å². The summed E-state index contributed by atoms with van der Waals surface area (Å²) < 4.78 is 1.75. The highest BCUT2D eigenvalue weighted by Crippen LogP contribution is 2.22. The third kappa shape index (κ3) is 2.46. The van der Waals surface area contributed by atoms with Crippen molar-refractivity contribution in [1.82, 2.24) is 14.8 Å². The molecule has 0 aliphatic rings. The largest absolute Gasteiger partial charge is 0.383 e. The van der Waals surface area contributed by atoms with Crippen LogP contribution in [0.3, 0.4) is 0 Å². The lowest BCUT2D eigenvalue weighted by Crippen LogP contribution is -2.00. The lowest BCUT2D eigenvalue weighted by atomic mass is 10.1. The third-order valence-corrected chi connectivity index (χ3v) is 3.15. The molecule has 1 atom stereocenters. The summed E-state index contributed by atoms with van der Waals surface area (Å²) in [4.78, 5) is 4.11. The van der Waals surface area contributed by atoms with Crippen molar-refractivity contribution in [3.63, 3.8) is 0 Å². The second kappa shape index (κ2) is 5.27. The zero-order chi connectivity index (χ0) is 13.9. The summed E-state index contributed by atoms with van der Waals surface area (Å²) in [6, 6.07) is 11.7. The standard InChI is InChI=1S/C16H15N3O/c1-12-7-13(9-17-8-12)16(20)14-10-18-19(11-14)15-5-3-2-4-6-15/h2-11,16,20H,1H3. The van der Waals surface area contributed by atoms with Crippen LogP contribution in [0.1, 0.15) is 22.8 Å². The Bertz CT molecular complexity index is 707. The molecule has 0 spiro atoms. The van der Waals surface area contributed by atoms with Crippen LogP contribution >= 0.6 is 0 Å². The molecule has 0 aliphatic heterocycles.